The molecule has 3 aromatic heterocycles. The van der Waals surface area contributed by atoms with Crippen molar-refractivity contribution in [2.24, 2.45) is 11.8 Å². The van der Waals surface area contributed by atoms with Crippen LogP contribution in [-0.2, 0) is 20.0 Å². The third kappa shape index (κ3) is 11.3. The minimum atomic E-state index is -1.23. The van der Waals surface area contributed by atoms with Gasteiger partial charge < -0.3 is 59.8 Å². The van der Waals surface area contributed by atoms with Gasteiger partial charge in [0.15, 0.2) is 17.4 Å². The normalized spacial score (nSPS) is 26.1. The number of amides is 2. The van der Waals surface area contributed by atoms with Crippen LogP contribution < -0.4 is 30.5 Å². The molecule has 18 nitrogen and oxygen atoms in total. The van der Waals surface area contributed by atoms with E-state index in [9.17, 15) is 24.2 Å². The number of anilines is 4. The Bertz CT molecular complexity index is 2940. The fourth-order valence-electron chi connectivity index (χ4n) is 13.4. The summed E-state index contributed by atoms with van der Waals surface area (Å²) in [6.07, 6.45) is 10.8. The molecule has 5 aliphatic heterocycles. The Labute approximate surface area is 461 Å². The third-order valence-corrected chi connectivity index (χ3v) is 18.1. The predicted octanol–water partition coefficient (Wildman–Crippen LogP) is 7.52. The molecule has 8 heterocycles. The second kappa shape index (κ2) is 22.2. The number of hydrogen-bond donors (Lipinski definition) is 4. The van der Waals surface area contributed by atoms with Crippen LogP contribution in [0.4, 0.5) is 27.4 Å². The fourth-order valence-corrected chi connectivity index (χ4v) is 13.4. The maximum Gasteiger partial charge on any atom is 0.243 e. The predicted molar refractivity (Wildman–Crippen MR) is 297 cm³/mol. The number of β-amino-alcohol motifs (C(OH)–C–C–N with tert-alkyl or cyclic N) is 1. The molecular formula is C60H76FN11O7. The van der Waals surface area contributed by atoms with E-state index in [0.29, 0.717) is 65.1 Å². The summed E-state index contributed by atoms with van der Waals surface area (Å²) in [4.78, 5) is 43.9. The standard InChI is InChI=1S/C60H76FN11O7/c1-36(2)56(59(76)71-35-44(73)27-51(71)58(75)64-37(3)39-8-10-40(11-9-39)60(61)19-20-60)53-31-54(67-79-53)69-24-15-38(16-25-69)32-68-22-17-45(18-23-68)77-46-28-47(29-46)78-55-26-41(14-21-63-55)72-42-12-13-43(72)34-70(33-42)50-30-49(65-66-57(50)62)48-6-4-5-7-52(48)74/h4-11,14,21,26,30-31,36-38,42-47,51,56,73-74H,12-13,15-20,22-25,27-29,32-35H2,1-3H3,(H2,62,66)(H,64,75)/t37-,42?,43?,44+,46?,47?,51-,56+/m0/s1. The van der Waals surface area contributed by atoms with Crippen LogP contribution in [0.5, 0.6) is 11.6 Å². The van der Waals surface area contributed by atoms with Crippen LogP contribution in [-0.4, -0.2) is 147 Å². The number of piperidine rings is 2. The largest absolute Gasteiger partial charge is 0.507 e. The average Bonchev–Trinajstić information content (AvgIpc) is 3.75. The highest BCUT2D eigenvalue weighted by atomic mass is 19.1. The van der Waals surface area contributed by atoms with Gasteiger partial charge in [0.1, 0.15) is 29.5 Å². The Balaban J connectivity index is 0.564. The number of aliphatic hydroxyl groups excluding tert-OH is 1. The van der Waals surface area contributed by atoms with E-state index in [2.05, 4.69) is 57.4 Å². The summed E-state index contributed by atoms with van der Waals surface area (Å²) in [6, 6.07) is 21.8. The number of ether oxygens (including phenoxy) is 2. The first-order chi connectivity index (χ1) is 38.2. The highest BCUT2D eigenvalue weighted by Crippen LogP contribution is 2.49. The number of carbonyl (C=O) groups is 2. The molecule has 0 spiro atoms. The van der Waals surface area contributed by atoms with E-state index in [-0.39, 0.29) is 60.8 Å². The summed E-state index contributed by atoms with van der Waals surface area (Å²) < 4.78 is 33.6. The molecule has 5 aromatic rings. The van der Waals surface area contributed by atoms with Crippen molar-refractivity contribution in [3.8, 4) is 22.9 Å². The summed E-state index contributed by atoms with van der Waals surface area (Å²) >= 11 is 0. The summed E-state index contributed by atoms with van der Waals surface area (Å²) in [5.41, 5.74) is 9.88. The summed E-state index contributed by atoms with van der Waals surface area (Å²) in [7, 11) is 0. The van der Waals surface area contributed by atoms with E-state index < -0.39 is 23.7 Å². The van der Waals surface area contributed by atoms with Crippen LogP contribution in [0.1, 0.15) is 120 Å². The highest BCUT2D eigenvalue weighted by Gasteiger charge is 2.46. The molecule has 2 bridgehead atoms. The minimum Gasteiger partial charge on any atom is -0.507 e. The number of nitrogen functional groups attached to an aromatic ring is 1. The molecule has 2 aromatic carbocycles. The second-order valence-electron chi connectivity index (χ2n) is 24.0. The van der Waals surface area contributed by atoms with Gasteiger partial charge in [-0.05, 0) is 106 Å². The maximum absolute atomic E-state index is 14.6. The number of phenolic OH excluding ortho intramolecular Hbond substituents is 1. The van der Waals surface area contributed by atoms with Gasteiger partial charge in [0.2, 0.25) is 17.7 Å². The first kappa shape index (κ1) is 53.1. The van der Waals surface area contributed by atoms with Crippen molar-refractivity contribution in [1.29, 1.82) is 0 Å². The molecule has 7 fully saturated rings. The molecule has 5 saturated heterocycles. The van der Waals surface area contributed by atoms with Gasteiger partial charge in [0.05, 0.1) is 35.7 Å². The summed E-state index contributed by atoms with van der Waals surface area (Å²) in [6.45, 7) is 12.3. The van der Waals surface area contributed by atoms with Crippen LogP contribution in [0.15, 0.2) is 83.5 Å². The van der Waals surface area contributed by atoms with Crippen LogP contribution in [0.25, 0.3) is 11.3 Å². The van der Waals surface area contributed by atoms with Crippen molar-refractivity contribution in [2.75, 3.05) is 72.8 Å². The van der Waals surface area contributed by atoms with Crippen molar-refractivity contribution < 1.29 is 38.2 Å². The molecule has 2 amide bonds. The number of rotatable bonds is 17. The molecule has 7 aliphatic rings. The molecule has 420 valence electrons. The Kier molecular flexibility index (Phi) is 14.9. The Morgan fingerprint density at radius 2 is 1.58 bits per heavy atom. The number of phenols is 1. The van der Waals surface area contributed by atoms with Gasteiger partial charge >= 0.3 is 0 Å². The van der Waals surface area contributed by atoms with Gasteiger partial charge in [-0.3, -0.25) is 9.59 Å². The van der Waals surface area contributed by atoms with Crippen LogP contribution in [0, 0.1) is 11.8 Å². The molecule has 0 radical (unpaired) electrons. The number of aromatic hydroxyl groups is 1. The number of likely N-dealkylation sites (tertiary alicyclic amines) is 2. The number of nitrogens with zero attached hydrogens (tertiary/aromatic N) is 9. The molecule has 12 rings (SSSR count). The van der Waals surface area contributed by atoms with E-state index in [1.807, 2.05) is 63.4 Å². The molecule has 2 unspecified atom stereocenters. The fraction of sp³-hybridized carbons (Fsp3) is 0.567. The Hall–Kier alpha value is -6.57. The smallest absolute Gasteiger partial charge is 0.243 e. The van der Waals surface area contributed by atoms with E-state index in [4.69, 9.17) is 19.7 Å². The quantitative estimate of drug-likeness (QED) is 0.0709. The summed E-state index contributed by atoms with van der Waals surface area (Å²) in [5, 5.41) is 37.3. The molecule has 79 heavy (non-hydrogen) atoms. The van der Waals surface area contributed by atoms with E-state index >= 15 is 0 Å². The number of alkyl halides is 1. The van der Waals surface area contributed by atoms with Crippen molar-refractivity contribution in [3.05, 3.63) is 95.9 Å². The zero-order valence-corrected chi connectivity index (χ0v) is 45.7. The molecule has 19 heteroatoms. The lowest BCUT2D eigenvalue weighted by Gasteiger charge is -2.43. The number of halogens is 1. The Morgan fingerprint density at radius 3 is 2.29 bits per heavy atom. The van der Waals surface area contributed by atoms with Gasteiger partial charge in [-0.1, -0.05) is 55.4 Å². The average molecular weight is 1080 g/mol. The molecule has 6 atom stereocenters. The number of benzene rings is 2. The number of hydrogen-bond acceptors (Lipinski definition) is 16. The number of aromatic nitrogens is 4. The molecular weight excluding hydrogens is 1010 g/mol. The van der Waals surface area contributed by atoms with Crippen molar-refractivity contribution >= 4 is 34.8 Å². The first-order valence-corrected chi connectivity index (χ1v) is 29.0. The van der Waals surface area contributed by atoms with Crippen LogP contribution in [0.3, 0.4) is 0 Å². The maximum atomic E-state index is 14.6. The zero-order valence-electron chi connectivity index (χ0n) is 45.7. The van der Waals surface area contributed by atoms with Gasteiger partial charge in [0, 0.05) is 113 Å². The number of fused-ring (bicyclic) bond motifs is 2. The van der Waals surface area contributed by atoms with Crippen LogP contribution in [0.2, 0.25) is 0 Å². The number of carbonyl (C=O) groups excluding carboxylic acids is 2. The number of para-hydroxylation sites is 1. The lowest BCUT2D eigenvalue weighted by Crippen LogP contribution is -2.54. The number of aliphatic hydroxyl groups is 1. The second-order valence-corrected chi connectivity index (χ2v) is 24.0. The van der Waals surface area contributed by atoms with Crippen molar-refractivity contribution in [1.82, 2.24) is 35.5 Å². The number of piperazine rings is 1. The monoisotopic (exact) mass is 1080 g/mol. The van der Waals surface area contributed by atoms with Gasteiger partial charge in [0.25, 0.3) is 0 Å². The minimum absolute atomic E-state index is 0.0610. The zero-order chi connectivity index (χ0) is 54.5. The lowest BCUT2D eigenvalue weighted by molar-refractivity contribution is -0.141. The summed E-state index contributed by atoms with van der Waals surface area (Å²) in [5.74, 6) is 1.56. The van der Waals surface area contributed by atoms with Gasteiger partial charge in [-0.2, -0.15) is 0 Å². The van der Waals surface area contributed by atoms with E-state index in [1.165, 1.54) is 4.90 Å². The van der Waals surface area contributed by atoms with Crippen molar-refractivity contribution in [2.45, 2.75) is 152 Å². The van der Waals surface area contributed by atoms with Crippen molar-refractivity contribution in [3.63, 3.8) is 0 Å². The van der Waals surface area contributed by atoms with E-state index in [1.54, 1.807) is 24.3 Å². The molecule has 2 saturated carbocycles. The number of nitrogens with two attached hydrogens (primary N) is 1. The van der Waals surface area contributed by atoms with Gasteiger partial charge in [-0.25, -0.2) is 9.37 Å². The number of pyridine rings is 1. The molecule has 5 N–H and O–H groups in total. The van der Waals surface area contributed by atoms with E-state index in [0.717, 1.165) is 120 Å². The third-order valence-electron chi connectivity index (χ3n) is 18.1. The topological polar surface area (TPSA) is 212 Å². The van der Waals surface area contributed by atoms with Gasteiger partial charge in [-0.15, -0.1) is 10.2 Å². The first-order valence-electron chi connectivity index (χ1n) is 29.0. The lowest BCUT2D eigenvalue weighted by atomic mass is 9.91. The highest BCUT2D eigenvalue weighted by molar-refractivity contribution is 5.91. The number of nitrogens with one attached hydrogen (secondary N) is 1. The van der Waals surface area contributed by atoms with Crippen LogP contribution >= 0.6 is 0 Å². The Morgan fingerprint density at radius 1 is 0.848 bits per heavy atom. The molecule has 2 aliphatic carbocycles. The SMILES string of the molecule is CC(C)[C@@H](C(=O)N1C[C@H](O)C[C@H]1C(=O)N[C@@H](C)c1ccc(C2(F)CC2)cc1)c1cc(N2CCC(CN3CCC(OC4CC(Oc5cc(N6C7CCC6CN(c6cc(-c8ccccc8O)nnc6N)C7)ccn5)C4)CC3)CC2)no1.